The van der Waals surface area contributed by atoms with Crippen molar-refractivity contribution >= 4 is 51.9 Å². The van der Waals surface area contributed by atoms with Gasteiger partial charge in [0.25, 0.3) is 18.7 Å². The molecule has 59 heavy (non-hydrogen) atoms. The number of oxime groups is 1. The van der Waals surface area contributed by atoms with E-state index in [0.29, 0.717) is 27.8 Å². The number of hydrogen-bond donors (Lipinski definition) is 3. The number of β-lactam (4-membered cyclic amide) rings is 1. The van der Waals surface area contributed by atoms with Crippen LogP contribution < -0.4 is 15.4 Å². The highest BCUT2D eigenvalue weighted by molar-refractivity contribution is 8.00. The van der Waals surface area contributed by atoms with Crippen molar-refractivity contribution in [2.75, 3.05) is 31.6 Å². The molecule has 5 aromatic rings. The van der Waals surface area contributed by atoms with Gasteiger partial charge in [0.05, 0.1) is 13.7 Å². The fourth-order valence-corrected chi connectivity index (χ4v) is 8.85. The zero-order valence-electron chi connectivity index (χ0n) is 31.7. The van der Waals surface area contributed by atoms with Crippen molar-refractivity contribution in [1.82, 2.24) is 19.6 Å². The molecule has 3 heterocycles. The number of thioether (sulfide) groups is 1. The first-order valence-electron chi connectivity index (χ1n) is 18.5. The summed E-state index contributed by atoms with van der Waals surface area (Å²) in [6, 6.07) is 35.4. The van der Waals surface area contributed by atoms with E-state index in [1.165, 1.54) is 16.7 Å². The molecule has 2 atom stereocenters. The van der Waals surface area contributed by atoms with Crippen molar-refractivity contribution in [2.45, 2.75) is 30.0 Å². The number of benzene rings is 4. The maximum Gasteiger partial charge on any atom is 0.355 e. The molecule has 0 unspecified atom stereocenters. The molecule has 16 heteroatoms. The number of carbonyl (C=O) groups excluding carboxylic acids is 3. The number of esters is 1. The van der Waals surface area contributed by atoms with E-state index >= 15 is 0 Å². The van der Waals surface area contributed by atoms with E-state index in [4.69, 9.17) is 14.3 Å². The molecule has 302 valence electrons. The van der Waals surface area contributed by atoms with Crippen LogP contribution in [0.25, 0.3) is 0 Å². The summed E-state index contributed by atoms with van der Waals surface area (Å²) in [4.78, 5) is 52.0. The zero-order chi connectivity index (χ0) is 41.2. The fourth-order valence-electron chi connectivity index (χ4n) is 6.86. The zero-order valence-corrected chi connectivity index (χ0v) is 33.3. The van der Waals surface area contributed by atoms with Crippen LogP contribution in [0.5, 0.6) is 5.75 Å². The number of hydrogen-bond acceptors (Lipinski definition) is 13. The third-order valence-corrected chi connectivity index (χ3v) is 11.6. The lowest BCUT2D eigenvalue weighted by Crippen LogP contribution is -2.71. The minimum Gasteiger partial charge on any atom is -0.497 e. The molecule has 3 N–H and O–H groups in total. The van der Waals surface area contributed by atoms with Crippen molar-refractivity contribution in [3.05, 3.63) is 167 Å². The van der Waals surface area contributed by atoms with E-state index in [2.05, 4.69) is 25.1 Å². The van der Waals surface area contributed by atoms with Crippen LogP contribution in [0.3, 0.4) is 0 Å². The molecule has 1 fully saturated rings. The lowest BCUT2D eigenvalue weighted by atomic mass is 9.77. The average Bonchev–Trinajstić information content (AvgIpc) is 3.75. The molecule has 2 aliphatic rings. The predicted octanol–water partition coefficient (Wildman–Crippen LogP) is 5.93. The minimum atomic E-state index is -1.33. The second-order valence-electron chi connectivity index (χ2n) is 13.2. The van der Waals surface area contributed by atoms with Gasteiger partial charge in [-0.2, -0.15) is 9.36 Å². The number of methoxy groups -OCH3 is 1. The van der Waals surface area contributed by atoms with Gasteiger partial charge in [0.15, 0.2) is 0 Å². The summed E-state index contributed by atoms with van der Waals surface area (Å²) < 4.78 is 28.6. The molecule has 1 saturated heterocycles. The Bertz CT molecular complexity index is 2250. The lowest BCUT2D eigenvalue weighted by Gasteiger charge is -2.49. The Morgan fingerprint density at radius 2 is 1.58 bits per heavy atom. The second kappa shape index (κ2) is 18.9. The van der Waals surface area contributed by atoms with Gasteiger partial charge < -0.3 is 30.1 Å². The molecular weight excluding hydrogens is 796 g/mol. The van der Waals surface area contributed by atoms with Gasteiger partial charge in [0.2, 0.25) is 16.7 Å². The number of carbonyl (C=O) groups is 3. The number of aliphatic hydroxyl groups excluding tert-OH is 1. The van der Waals surface area contributed by atoms with Crippen molar-refractivity contribution in [3.63, 3.8) is 0 Å². The number of allylic oxidation sites excluding steroid dienone is 1. The van der Waals surface area contributed by atoms with Crippen LogP contribution in [-0.4, -0.2) is 80.6 Å². The van der Waals surface area contributed by atoms with Crippen LogP contribution in [0.1, 0.15) is 34.5 Å². The number of alkyl halides is 1. The van der Waals surface area contributed by atoms with Crippen LogP contribution in [0.15, 0.2) is 144 Å². The van der Waals surface area contributed by atoms with Crippen molar-refractivity contribution in [3.8, 4) is 5.75 Å². The number of nitrogens with one attached hydrogen (secondary N) is 2. The molecule has 0 radical (unpaired) electrons. The summed E-state index contributed by atoms with van der Waals surface area (Å²) >= 11 is 2.31. The topological polar surface area (TPSA) is 165 Å². The van der Waals surface area contributed by atoms with Crippen LogP contribution >= 0.6 is 23.3 Å². The number of fused-ring (bicyclic) bond motifs is 1. The SMILES string of the molecule is COc1ccc(COC(=O)C2=C(C/C=C/CO)CS[C@@H]3[C@H](NC(=O)/C(=N\OCF)c4nsc(NC(c5ccccc5)(c5ccccc5)c5ccccc5)n4)C(=O)N23)cc1. The number of nitrogens with zero attached hydrogens (tertiary/aromatic N) is 4. The van der Waals surface area contributed by atoms with E-state index in [9.17, 15) is 23.9 Å². The number of ether oxygens (including phenoxy) is 2. The molecule has 0 bridgehead atoms. The molecule has 0 aliphatic carbocycles. The van der Waals surface area contributed by atoms with E-state index in [-0.39, 0.29) is 31.2 Å². The minimum absolute atomic E-state index is 0.0544. The standard InChI is InChI=1S/C43H39FN6O7S2/c1-55-33-22-20-28(21-23-33)25-56-41(54)36-29(13-11-12-24-51)26-58-40-35(39(53)50(36)40)45-38(52)34(48-57-27-44)37-46-42(59-49-37)47-43(30-14-5-2-6-15-30,31-16-7-3-8-17-31)32-18-9-4-10-19-32/h2-12,14-23,35,40,51H,13,24-27H2,1H3,(H,45,52)(H,46,47,49)/b12-11+,48-34-/t35-,40-/m1/s1. The summed E-state index contributed by atoms with van der Waals surface area (Å²) in [6.45, 7) is -1.58. The molecule has 2 amide bonds. The van der Waals surface area contributed by atoms with Gasteiger partial charge >= 0.3 is 5.97 Å². The molecule has 13 nitrogen and oxygen atoms in total. The van der Waals surface area contributed by atoms with Crippen molar-refractivity contribution in [2.24, 2.45) is 5.16 Å². The van der Waals surface area contributed by atoms with E-state index in [1.54, 1.807) is 43.5 Å². The molecule has 0 spiro atoms. The number of halogens is 1. The fraction of sp³-hybridized carbons (Fsp3) is 0.209. The number of aromatic nitrogens is 2. The lowest BCUT2D eigenvalue weighted by molar-refractivity contribution is -0.153. The van der Waals surface area contributed by atoms with Gasteiger partial charge in [-0.15, -0.1) is 11.8 Å². The van der Waals surface area contributed by atoms with Gasteiger partial charge in [-0.25, -0.2) is 9.18 Å². The van der Waals surface area contributed by atoms with Crippen LogP contribution in [0, 0.1) is 0 Å². The van der Waals surface area contributed by atoms with Crippen molar-refractivity contribution < 1.29 is 38.2 Å². The summed E-state index contributed by atoms with van der Waals surface area (Å²) in [6.07, 6.45) is 3.54. The van der Waals surface area contributed by atoms with Crippen molar-refractivity contribution in [1.29, 1.82) is 0 Å². The molecule has 4 aromatic carbocycles. The maximum atomic E-state index is 13.9. The van der Waals surface area contributed by atoms with Gasteiger partial charge in [-0.1, -0.05) is 120 Å². The molecule has 1 aromatic heterocycles. The highest BCUT2D eigenvalue weighted by Gasteiger charge is 2.54. The van der Waals surface area contributed by atoms with Crippen LogP contribution in [0.4, 0.5) is 9.52 Å². The average molecular weight is 835 g/mol. The van der Waals surface area contributed by atoms with Crippen LogP contribution in [0.2, 0.25) is 0 Å². The van der Waals surface area contributed by atoms with Gasteiger partial charge in [0.1, 0.15) is 35.0 Å². The van der Waals surface area contributed by atoms with E-state index in [0.717, 1.165) is 28.2 Å². The molecular formula is C43H39FN6O7S2. The highest BCUT2D eigenvalue weighted by atomic mass is 32.2. The van der Waals surface area contributed by atoms with Gasteiger partial charge in [-0.05, 0) is 46.4 Å². The Labute approximate surface area is 347 Å². The number of anilines is 1. The first-order chi connectivity index (χ1) is 28.9. The third kappa shape index (κ3) is 8.74. The summed E-state index contributed by atoms with van der Waals surface area (Å²) in [5.74, 6) is -1.33. The Morgan fingerprint density at radius 1 is 0.949 bits per heavy atom. The maximum absolute atomic E-state index is 13.9. The largest absolute Gasteiger partial charge is 0.497 e. The highest BCUT2D eigenvalue weighted by Crippen LogP contribution is 2.43. The first kappa shape index (κ1) is 40.8. The Morgan fingerprint density at radius 3 is 2.15 bits per heavy atom. The monoisotopic (exact) mass is 834 g/mol. The normalized spacial score (nSPS) is 16.6. The van der Waals surface area contributed by atoms with Gasteiger partial charge in [0, 0.05) is 17.3 Å². The Balaban J connectivity index is 1.13. The Hall–Kier alpha value is -6.36. The van der Waals surface area contributed by atoms with E-state index < -0.39 is 47.3 Å². The molecule has 2 aliphatic heterocycles. The third-order valence-electron chi connectivity index (χ3n) is 9.66. The molecule has 7 rings (SSSR count). The smallest absolute Gasteiger partial charge is 0.355 e. The second-order valence-corrected chi connectivity index (χ2v) is 15.0. The first-order valence-corrected chi connectivity index (χ1v) is 20.3. The Kier molecular flexibility index (Phi) is 13.1. The van der Waals surface area contributed by atoms with Gasteiger partial charge in [-0.3, -0.25) is 14.5 Å². The molecule has 0 saturated carbocycles. The summed E-state index contributed by atoms with van der Waals surface area (Å²) in [5.41, 5.74) is 2.73. The van der Waals surface area contributed by atoms with Crippen LogP contribution in [-0.2, 0) is 36.1 Å². The summed E-state index contributed by atoms with van der Waals surface area (Å²) in [5, 5.41) is 18.9. The number of amides is 2. The number of rotatable bonds is 17. The number of aliphatic hydroxyl groups is 1. The quantitative estimate of drug-likeness (QED) is 0.0254. The predicted molar refractivity (Wildman–Crippen MR) is 222 cm³/mol. The summed E-state index contributed by atoms with van der Waals surface area (Å²) in [7, 11) is 1.55. The van der Waals surface area contributed by atoms with E-state index in [1.807, 2.05) is 91.0 Å².